The second-order valence-electron chi connectivity index (χ2n) is 7.02. The van der Waals surface area contributed by atoms with E-state index >= 15 is 0 Å². The minimum atomic E-state index is -0.768. The molecule has 1 spiro atoms. The van der Waals surface area contributed by atoms with Crippen LogP contribution in [-0.2, 0) is 23.8 Å². The molecule has 1 saturated heterocycles. The summed E-state index contributed by atoms with van der Waals surface area (Å²) in [5.41, 5.74) is -1.31. The highest BCUT2D eigenvalue weighted by Crippen LogP contribution is 2.64. The molecule has 0 aromatic rings. The molecule has 0 unspecified atom stereocenters. The lowest BCUT2D eigenvalue weighted by Gasteiger charge is -2.61. The van der Waals surface area contributed by atoms with Gasteiger partial charge in [-0.2, -0.15) is 0 Å². The summed E-state index contributed by atoms with van der Waals surface area (Å²) in [7, 11) is 1.38. The maximum Gasteiger partial charge on any atom is 0.309 e. The van der Waals surface area contributed by atoms with E-state index < -0.39 is 22.5 Å². The van der Waals surface area contributed by atoms with Crippen LogP contribution < -0.4 is 0 Å². The van der Waals surface area contributed by atoms with Crippen molar-refractivity contribution in [2.24, 2.45) is 22.7 Å². The van der Waals surface area contributed by atoms with Crippen LogP contribution in [0.1, 0.15) is 33.6 Å². The number of carbonyl (C=O) groups is 2. The van der Waals surface area contributed by atoms with Crippen molar-refractivity contribution < 1.29 is 23.8 Å². The summed E-state index contributed by atoms with van der Waals surface area (Å²) in [5.74, 6) is -1.36. The van der Waals surface area contributed by atoms with Crippen LogP contribution in [0.4, 0.5) is 0 Å². The molecule has 0 radical (unpaired) electrons. The van der Waals surface area contributed by atoms with Crippen LogP contribution in [0.5, 0.6) is 0 Å². The highest BCUT2D eigenvalue weighted by molar-refractivity contribution is 5.96. The zero-order valence-electron chi connectivity index (χ0n) is 12.5. The smallest absolute Gasteiger partial charge is 0.309 e. The third-order valence-electron chi connectivity index (χ3n) is 5.62. The first kappa shape index (κ1) is 14.0. The molecule has 4 rings (SSSR count). The lowest BCUT2D eigenvalue weighted by molar-refractivity contribution is -0.283. The Morgan fingerprint density at radius 3 is 2.40 bits per heavy atom. The van der Waals surface area contributed by atoms with Crippen molar-refractivity contribution in [1.82, 2.24) is 0 Å². The number of hydrogen-bond donors (Lipinski definition) is 0. The number of esters is 1. The lowest BCUT2D eigenvalue weighted by Crippen LogP contribution is -2.69. The molecule has 0 N–H and O–H groups in total. The fraction of sp³-hybridized carbons (Fsp3) is 0.867. The van der Waals surface area contributed by atoms with Crippen LogP contribution in [0, 0.1) is 22.7 Å². The molecule has 0 amide bonds. The van der Waals surface area contributed by atoms with E-state index in [2.05, 4.69) is 0 Å². The minimum Gasteiger partial charge on any atom is -0.469 e. The van der Waals surface area contributed by atoms with Crippen LogP contribution in [0.15, 0.2) is 0 Å². The van der Waals surface area contributed by atoms with Gasteiger partial charge in [0.15, 0.2) is 5.79 Å². The van der Waals surface area contributed by atoms with Gasteiger partial charge in [-0.05, 0) is 6.42 Å². The zero-order valence-corrected chi connectivity index (χ0v) is 12.5. The van der Waals surface area contributed by atoms with Crippen LogP contribution in [-0.4, -0.2) is 37.9 Å². The molecule has 0 aromatic carbocycles. The number of carbonyl (C=O) groups excluding carboxylic acids is 2. The Kier molecular flexibility index (Phi) is 2.83. The topological polar surface area (TPSA) is 61.8 Å². The Hall–Kier alpha value is -0.940. The Bertz CT molecular complexity index is 463. The third kappa shape index (κ3) is 1.51. The molecular weight excluding hydrogens is 260 g/mol. The zero-order chi connectivity index (χ0) is 14.8. The number of Topliss-reactive ketones (excluding diaryl/α,β-unsaturated/α-hetero) is 1. The fourth-order valence-corrected chi connectivity index (χ4v) is 4.68. The number of ether oxygens (including phenoxy) is 3. The van der Waals surface area contributed by atoms with Crippen LogP contribution in [0.2, 0.25) is 0 Å². The predicted molar refractivity (Wildman–Crippen MR) is 69.8 cm³/mol. The average molecular weight is 282 g/mol. The molecule has 4 fully saturated rings. The van der Waals surface area contributed by atoms with Crippen molar-refractivity contribution in [2.45, 2.75) is 39.4 Å². The first-order chi connectivity index (χ1) is 9.28. The maximum absolute atomic E-state index is 12.9. The summed E-state index contributed by atoms with van der Waals surface area (Å²) in [5, 5.41) is 0. The average Bonchev–Trinajstić information content (AvgIpc) is 2.83. The van der Waals surface area contributed by atoms with Crippen molar-refractivity contribution in [3.63, 3.8) is 0 Å². The summed E-state index contributed by atoms with van der Waals surface area (Å²) in [6.07, 6.45) is 1.04. The highest BCUT2D eigenvalue weighted by Gasteiger charge is 2.71. The number of rotatable bonds is 1. The lowest BCUT2D eigenvalue weighted by atomic mass is 9.44. The first-order valence-corrected chi connectivity index (χ1v) is 7.18. The van der Waals surface area contributed by atoms with Gasteiger partial charge in [-0.15, -0.1) is 0 Å². The summed E-state index contributed by atoms with van der Waals surface area (Å²) in [6.45, 7) is 6.86. The largest absolute Gasteiger partial charge is 0.469 e. The third-order valence-corrected chi connectivity index (χ3v) is 5.62. The fourth-order valence-electron chi connectivity index (χ4n) is 4.68. The quantitative estimate of drug-likeness (QED) is 0.683. The molecule has 112 valence electrons. The molecule has 20 heavy (non-hydrogen) atoms. The highest BCUT2D eigenvalue weighted by atomic mass is 16.7. The normalized spacial score (nSPS) is 41.1. The van der Waals surface area contributed by atoms with Crippen LogP contribution in [0.3, 0.4) is 0 Å². The first-order valence-electron chi connectivity index (χ1n) is 7.18. The van der Waals surface area contributed by atoms with Crippen LogP contribution in [0.25, 0.3) is 0 Å². The Balaban J connectivity index is 2.07. The molecule has 5 heteroatoms. The van der Waals surface area contributed by atoms with Gasteiger partial charge in [-0.1, -0.05) is 20.8 Å². The molecule has 1 aliphatic heterocycles. The van der Waals surface area contributed by atoms with Crippen molar-refractivity contribution in [1.29, 1.82) is 0 Å². The van der Waals surface area contributed by atoms with Gasteiger partial charge in [0.1, 0.15) is 5.78 Å². The van der Waals surface area contributed by atoms with Gasteiger partial charge in [-0.3, -0.25) is 9.59 Å². The van der Waals surface area contributed by atoms with Crippen molar-refractivity contribution >= 4 is 11.8 Å². The number of methoxy groups -OCH3 is 1. The summed E-state index contributed by atoms with van der Waals surface area (Å²) in [4.78, 5) is 24.9. The molecule has 2 bridgehead atoms. The SMILES string of the molecule is COC(=O)[C@H]1C[C@H]2C3(C[C@]1(C)C(=O)C2(C)C)OCCO3. The van der Waals surface area contributed by atoms with Crippen molar-refractivity contribution in [2.75, 3.05) is 20.3 Å². The van der Waals surface area contributed by atoms with Gasteiger partial charge in [-0.25, -0.2) is 0 Å². The van der Waals surface area contributed by atoms with Gasteiger partial charge in [0.05, 0.1) is 26.2 Å². The van der Waals surface area contributed by atoms with Gasteiger partial charge in [0.2, 0.25) is 0 Å². The van der Waals surface area contributed by atoms with Crippen LogP contribution >= 0.6 is 0 Å². The van der Waals surface area contributed by atoms with Gasteiger partial charge in [0, 0.05) is 23.2 Å². The van der Waals surface area contributed by atoms with E-state index in [-0.39, 0.29) is 17.7 Å². The predicted octanol–water partition coefficient (Wildman–Crippen LogP) is 1.54. The molecule has 1 heterocycles. The summed E-state index contributed by atoms with van der Waals surface area (Å²) < 4.78 is 16.7. The van der Waals surface area contributed by atoms with E-state index in [1.807, 2.05) is 20.8 Å². The second-order valence-corrected chi connectivity index (χ2v) is 7.02. The summed E-state index contributed by atoms with van der Waals surface area (Å²) >= 11 is 0. The Morgan fingerprint density at radius 2 is 1.85 bits per heavy atom. The van der Waals surface area contributed by atoms with Gasteiger partial charge < -0.3 is 14.2 Å². The molecule has 3 saturated carbocycles. The molecule has 0 aromatic heterocycles. The Labute approximate surface area is 118 Å². The number of hydrogen-bond acceptors (Lipinski definition) is 5. The Morgan fingerprint density at radius 1 is 1.25 bits per heavy atom. The number of ketones is 1. The second kappa shape index (κ2) is 4.04. The van der Waals surface area contributed by atoms with E-state index in [1.165, 1.54) is 7.11 Å². The van der Waals surface area contributed by atoms with E-state index in [0.717, 1.165) is 0 Å². The van der Waals surface area contributed by atoms with E-state index in [1.54, 1.807) is 0 Å². The number of fused-ring (bicyclic) bond motifs is 2. The summed E-state index contributed by atoms with van der Waals surface area (Å²) in [6, 6.07) is 0. The molecule has 5 nitrogen and oxygen atoms in total. The van der Waals surface area contributed by atoms with E-state index in [9.17, 15) is 9.59 Å². The molecule has 3 atom stereocenters. The van der Waals surface area contributed by atoms with E-state index in [4.69, 9.17) is 14.2 Å². The minimum absolute atomic E-state index is 0.101. The molecule has 4 aliphatic rings. The monoisotopic (exact) mass is 282 g/mol. The standard InChI is InChI=1S/C15H22O5/c1-13(2)10-7-9(11(16)18-4)14(3,12(13)17)8-15(10)19-5-6-20-15/h9-10H,5-8H2,1-4H3/t9-,10-,14+/m1/s1. The van der Waals surface area contributed by atoms with Crippen molar-refractivity contribution in [3.05, 3.63) is 0 Å². The molecular formula is C15H22O5. The molecule has 3 aliphatic carbocycles. The maximum atomic E-state index is 12.9. The van der Waals surface area contributed by atoms with E-state index in [0.29, 0.717) is 26.1 Å². The van der Waals surface area contributed by atoms with Crippen molar-refractivity contribution in [3.8, 4) is 0 Å². The van der Waals surface area contributed by atoms with Gasteiger partial charge in [0.25, 0.3) is 0 Å². The van der Waals surface area contributed by atoms with Gasteiger partial charge >= 0.3 is 5.97 Å².